The highest BCUT2D eigenvalue weighted by molar-refractivity contribution is 6.31. The Kier molecular flexibility index (Phi) is 3.12. The largest absolute Gasteiger partial charge is 0.369 e. The van der Waals surface area contributed by atoms with Crippen molar-refractivity contribution >= 4 is 17.3 Å². The Labute approximate surface area is 93.8 Å². The van der Waals surface area contributed by atoms with Gasteiger partial charge in [0.1, 0.15) is 0 Å². The molecule has 0 radical (unpaired) electrons. The molecule has 2 rings (SSSR count). The molecule has 15 heavy (non-hydrogen) atoms. The second-order valence-corrected chi connectivity index (χ2v) is 4.30. The average Bonchev–Trinajstić information content (AvgIpc) is 2.24. The Morgan fingerprint density at radius 2 is 2.00 bits per heavy atom. The predicted octanol–water partition coefficient (Wildman–Crippen LogP) is 2.41. The Bertz CT molecular complexity index is 348. The van der Waals surface area contributed by atoms with Gasteiger partial charge in [-0.1, -0.05) is 17.7 Å². The van der Waals surface area contributed by atoms with E-state index in [4.69, 9.17) is 17.3 Å². The molecular weight excluding hydrogens is 215 g/mol. The third-order valence-corrected chi connectivity index (χ3v) is 3.10. The smallest absolute Gasteiger partial charge is 0.165 e. The van der Waals surface area contributed by atoms with E-state index >= 15 is 0 Å². The van der Waals surface area contributed by atoms with Crippen LogP contribution < -0.4 is 10.6 Å². The number of hydrogen-bond donors (Lipinski definition) is 1. The lowest BCUT2D eigenvalue weighted by molar-refractivity contribution is 0.494. The van der Waals surface area contributed by atoms with E-state index in [0.717, 1.165) is 25.9 Å². The molecule has 0 atom stereocenters. The third kappa shape index (κ3) is 2.24. The third-order valence-electron chi connectivity index (χ3n) is 2.81. The number of hydrogen-bond acceptors (Lipinski definition) is 2. The van der Waals surface area contributed by atoms with Crippen LogP contribution in [0.3, 0.4) is 0 Å². The molecule has 1 heterocycles. The molecule has 1 fully saturated rings. The molecule has 1 aliphatic heterocycles. The van der Waals surface area contributed by atoms with Crippen LogP contribution in [0.25, 0.3) is 0 Å². The summed E-state index contributed by atoms with van der Waals surface area (Å²) in [4.78, 5) is 2.00. The molecule has 0 saturated carbocycles. The summed E-state index contributed by atoms with van der Waals surface area (Å²) in [7, 11) is 0. The van der Waals surface area contributed by atoms with Crippen LogP contribution in [0.4, 0.5) is 10.1 Å². The van der Waals surface area contributed by atoms with E-state index in [0.29, 0.717) is 5.69 Å². The van der Waals surface area contributed by atoms with Crippen LogP contribution in [-0.4, -0.2) is 19.1 Å². The molecular formula is C11H14ClFN2. The molecule has 2 nitrogen and oxygen atoms in total. The van der Waals surface area contributed by atoms with Gasteiger partial charge in [0.25, 0.3) is 0 Å². The van der Waals surface area contributed by atoms with Gasteiger partial charge < -0.3 is 10.6 Å². The average molecular weight is 229 g/mol. The fourth-order valence-electron chi connectivity index (χ4n) is 1.88. The first-order valence-corrected chi connectivity index (χ1v) is 5.51. The van der Waals surface area contributed by atoms with Crippen LogP contribution in [0, 0.1) is 5.82 Å². The van der Waals surface area contributed by atoms with Crippen LogP contribution in [0.2, 0.25) is 5.02 Å². The summed E-state index contributed by atoms with van der Waals surface area (Å²) in [6.45, 7) is 1.61. The SMILES string of the molecule is NC1CCN(c2cccc(Cl)c2F)CC1. The molecule has 2 N–H and O–H groups in total. The first-order valence-electron chi connectivity index (χ1n) is 5.13. The Morgan fingerprint density at radius 3 is 2.67 bits per heavy atom. The quantitative estimate of drug-likeness (QED) is 0.800. The molecule has 4 heteroatoms. The molecule has 1 aliphatic rings. The number of nitrogens with zero attached hydrogens (tertiary/aromatic N) is 1. The monoisotopic (exact) mass is 228 g/mol. The minimum Gasteiger partial charge on any atom is -0.369 e. The van der Waals surface area contributed by atoms with Crippen molar-refractivity contribution in [2.24, 2.45) is 5.73 Å². The van der Waals surface area contributed by atoms with Crippen molar-refractivity contribution in [1.82, 2.24) is 0 Å². The van der Waals surface area contributed by atoms with E-state index in [1.165, 1.54) is 0 Å². The molecule has 1 aromatic carbocycles. The lowest BCUT2D eigenvalue weighted by atomic mass is 10.1. The summed E-state index contributed by atoms with van der Waals surface area (Å²) in [5.41, 5.74) is 6.39. The van der Waals surface area contributed by atoms with Gasteiger partial charge in [-0.3, -0.25) is 0 Å². The van der Waals surface area contributed by atoms with E-state index in [1.807, 2.05) is 4.90 Å². The van der Waals surface area contributed by atoms with Crippen molar-refractivity contribution in [3.05, 3.63) is 29.0 Å². The maximum Gasteiger partial charge on any atom is 0.165 e. The lowest BCUT2D eigenvalue weighted by Crippen LogP contribution is -2.40. The van der Waals surface area contributed by atoms with Gasteiger partial charge in [0.05, 0.1) is 10.7 Å². The molecule has 0 aromatic heterocycles. The zero-order chi connectivity index (χ0) is 10.8. The molecule has 1 saturated heterocycles. The van der Waals surface area contributed by atoms with Gasteiger partial charge in [-0.15, -0.1) is 0 Å². The highest BCUT2D eigenvalue weighted by Crippen LogP contribution is 2.27. The van der Waals surface area contributed by atoms with Gasteiger partial charge in [-0.2, -0.15) is 0 Å². The van der Waals surface area contributed by atoms with E-state index in [2.05, 4.69) is 0 Å². The van der Waals surface area contributed by atoms with Gasteiger partial charge in [-0.05, 0) is 25.0 Å². The van der Waals surface area contributed by atoms with Crippen LogP contribution in [0.5, 0.6) is 0 Å². The molecule has 0 unspecified atom stereocenters. The number of rotatable bonds is 1. The highest BCUT2D eigenvalue weighted by Gasteiger charge is 2.19. The predicted molar refractivity (Wildman–Crippen MR) is 60.8 cm³/mol. The lowest BCUT2D eigenvalue weighted by Gasteiger charge is -2.32. The number of nitrogens with two attached hydrogens (primary N) is 1. The highest BCUT2D eigenvalue weighted by atomic mass is 35.5. The summed E-state index contributed by atoms with van der Waals surface area (Å²) < 4.78 is 13.7. The Balaban J connectivity index is 2.19. The zero-order valence-corrected chi connectivity index (χ0v) is 9.17. The van der Waals surface area contributed by atoms with E-state index in [-0.39, 0.29) is 16.9 Å². The van der Waals surface area contributed by atoms with Crippen LogP contribution >= 0.6 is 11.6 Å². The molecule has 82 valence electrons. The van der Waals surface area contributed by atoms with Gasteiger partial charge >= 0.3 is 0 Å². The summed E-state index contributed by atoms with van der Waals surface area (Å²) in [6, 6.07) is 5.35. The van der Waals surface area contributed by atoms with Crippen LogP contribution in [0.1, 0.15) is 12.8 Å². The van der Waals surface area contributed by atoms with Crippen molar-refractivity contribution in [2.45, 2.75) is 18.9 Å². The number of halogens is 2. The number of anilines is 1. The first kappa shape index (κ1) is 10.7. The van der Waals surface area contributed by atoms with E-state index in [1.54, 1.807) is 18.2 Å². The minimum absolute atomic E-state index is 0.183. The normalized spacial score (nSPS) is 18.2. The van der Waals surface area contributed by atoms with Crippen molar-refractivity contribution in [2.75, 3.05) is 18.0 Å². The first-order chi connectivity index (χ1) is 7.18. The molecule has 0 amide bonds. The van der Waals surface area contributed by atoms with Gasteiger partial charge in [0.15, 0.2) is 5.82 Å². The Morgan fingerprint density at radius 1 is 1.33 bits per heavy atom. The molecule has 0 aliphatic carbocycles. The van der Waals surface area contributed by atoms with E-state index in [9.17, 15) is 4.39 Å². The van der Waals surface area contributed by atoms with Crippen LogP contribution in [-0.2, 0) is 0 Å². The van der Waals surface area contributed by atoms with Crippen molar-refractivity contribution in [3.8, 4) is 0 Å². The van der Waals surface area contributed by atoms with Crippen molar-refractivity contribution < 1.29 is 4.39 Å². The standard InChI is InChI=1S/C11H14ClFN2/c12-9-2-1-3-10(11(9)13)15-6-4-8(14)5-7-15/h1-3,8H,4-7,14H2. The van der Waals surface area contributed by atoms with Crippen molar-refractivity contribution in [1.29, 1.82) is 0 Å². The number of piperidine rings is 1. The second kappa shape index (κ2) is 4.37. The van der Waals surface area contributed by atoms with Crippen molar-refractivity contribution in [3.63, 3.8) is 0 Å². The van der Waals surface area contributed by atoms with Gasteiger partial charge in [-0.25, -0.2) is 4.39 Å². The van der Waals surface area contributed by atoms with Gasteiger partial charge in [0.2, 0.25) is 0 Å². The topological polar surface area (TPSA) is 29.3 Å². The summed E-state index contributed by atoms with van der Waals surface area (Å²) in [5, 5.41) is 0.183. The summed E-state index contributed by atoms with van der Waals surface area (Å²) in [6.07, 6.45) is 1.82. The maximum absolute atomic E-state index is 13.7. The van der Waals surface area contributed by atoms with E-state index < -0.39 is 0 Å². The molecule has 0 spiro atoms. The number of benzene rings is 1. The molecule has 0 bridgehead atoms. The van der Waals surface area contributed by atoms with Crippen LogP contribution in [0.15, 0.2) is 18.2 Å². The Hall–Kier alpha value is -0.800. The summed E-state index contributed by atoms with van der Waals surface area (Å²) >= 11 is 5.74. The fourth-order valence-corrected chi connectivity index (χ4v) is 2.05. The maximum atomic E-state index is 13.7. The fraction of sp³-hybridized carbons (Fsp3) is 0.455. The van der Waals surface area contributed by atoms with Gasteiger partial charge in [0, 0.05) is 19.1 Å². The summed E-state index contributed by atoms with van der Waals surface area (Å²) in [5.74, 6) is -0.324. The zero-order valence-electron chi connectivity index (χ0n) is 8.42. The minimum atomic E-state index is -0.324. The molecule has 1 aromatic rings. The second-order valence-electron chi connectivity index (χ2n) is 3.90.